The van der Waals surface area contributed by atoms with Gasteiger partial charge in [0.15, 0.2) is 0 Å². The predicted molar refractivity (Wildman–Crippen MR) is 95.7 cm³/mol. The minimum atomic E-state index is -0.463. The first-order valence-corrected chi connectivity index (χ1v) is 9.39. The fourth-order valence-electron chi connectivity index (χ4n) is 2.82. The molecule has 0 saturated carbocycles. The lowest BCUT2D eigenvalue weighted by atomic mass is 10.1. The van der Waals surface area contributed by atoms with Crippen molar-refractivity contribution in [2.75, 3.05) is 11.1 Å². The van der Waals surface area contributed by atoms with Gasteiger partial charge in [0.2, 0.25) is 0 Å². The van der Waals surface area contributed by atoms with Gasteiger partial charge in [0.1, 0.15) is 5.00 Å². The third-order valence-corrected chi connectivity index (χ3v) is 5.89. The van der Waals surface area contributed by atoms with Crippen LogP contribution in [-0.4, -0.2) is 17.6 Å². The molecular formula is C17H18N2O2S2. The molecule has 6 heteroatoms. The molecule has 1 heterocycles. The second kappa shape index (κ2) is 6.76. The molecule has 2 amide bonds. The van der Waals surface area contributed by atoms with Gasteiger partial charge in [0.25, 0.3) is 11.8 Å². The Hall–Kier alpha value is -1.79. The smallest absolute Gasteiger partial charge is 0.256 e. The number of aryl methyl sites for hydroxylation is 1. The number of benzene rings is 1. The van der Waals surface area contributed by atoms with Crippen molar-refractivity contribution in [2.24, 2.45) is 5.73 Å². The van der Waals surface area contributed by atoms with Crippen LogP contribution >= 0.6 is 23.1 Å². The molecule has 1 aliphatic carbocycles. The van der Waals surface area contributed by atoms with Gasteiger partial charge in [0, 0.05) is 15.3 Å². The number of thioether (sulfide) groups is 1. The summed E-state index contributed by atoms with van der Waals surface area (Å²) >= 11 is 3.17. The maximum absolute atomic E-state index is 12.5. The summed E-state index contributed by atoms with van der Waals surface area (Å²) in [5.74, 6) is 0.287. The zero-order valence-electron chi connectivity index (χ0n) is 12.8. The number of nitrogens with two attached hydrogens (primary N) is 1. The molecule has 1 aliphatic rings. The van der Waals surface area contributed by atoms with Crippen molar-refractivity contribution < 1.29 is 9.59 Å². The van der Waals surface area contributed by atoms with Crippen LogP contribution in [0.25, 0.3) is 0 Å². The Kier molecular flexibility index (Phi) is 4.73. The van der Waals surface area contributed by atoms with Crippen LogP contribution in [0.5, 0.6) is 0 Å². The van der Waals surface area contributed by atoms with E-state index in [-0.39, 0.29) is 5.91 Å². The van der Waals surface area contributed by atoms with E-state index in [2.05, 4.69) is 12.2 Å². The van der Waals surface area contributed by atoms with Gasteiger partial charge in [-0.25, -0.2) is 0 Å². The van der Waals surface area contributed by atoms with Crippen molar-refractivity contribution in [1.29, 1.82) is 0 Å². The summed E-state index contributed by atoms with van der Waals surface area (Å²) in [5, 5.41) is 3.46. The second-order valence-corrected chi connectivity index (χ2v) is 7.78. The summed E-state index contributed by atoms with van der Waals surface area (Å²) in [5.41, 5.74) is 7.63. The number of hydrogen-bond donors (Lipinski definition) is 2. The SMILES string of the molecule is CCSc1cccc(C(=O)Nc2sc3c(c2C(N)=O)CCC3)c1. The fraction of sp³-hybridized carbons (Fsp3) is 0.294. The topological polar surface area (TPSA) is 72.2 Å². The molecule has 3 N–H and O–H groups in total. The summed E-state index contributed by atoms with van der Waals surface area (Å²) in [6.45, 7) is 2.07. The maximum Gasteiger partial charge on any atom is 0.256 e. The number of nitrogens with one attached hydrogen (secondary N) is 1. The molecule has 0 radical (unpaired) electrons. The van der Waals surface area contributed by atoms with E-state index in [1.165, 1.54) is 16.2 Å². The Morgan fingerprint density at radius 1 is 1.35 bits per heavy atom. The quantitative estimate of drug-likeness (QED) is 0.811. The van der Waals surface area contributed by atoms with Gasteiger partial charge in [-0.15, -0.1) is 23.1 Å². The molecular weight excluding hydrogens is 328 g/mol. The number of hydrogen-bond acceptors (Lipinski definition) is 4. The van der Waals surface area contributed by atoms with Crippen LogP contribution in [-0.2, 0) is 12.8 Å². The number of thiophene rings is 1. The molecule has 120 valence electrons. The normalized spacial score (nSPS) is 12.9. The number of rotatable bonds is 5. The van der Waals surface area contributed by atoms with E-state index >= 15 is 0 Å². The Morgan fingerprint density at radius 3 is 2.91 bits per heavy atom. The minimum absolute atomic E-state index is 0.203. The number of fused-ring (bicyclic) bond motifs is 1. The summed E-state index contributed by atoms with van der Waals surface area (Å²) in [6, 6.07) is 7.50. The van der Waals surface area contributed by atoms with Crippen molar-refractivity contribution in [1.82, 2.24) is 0 Å². The number of carbonyl (C=O) groups excluding carboxylic acids is 2. The largest absolute Gasteiger partial charge is 0.365 e. The first kappa shape index (κ1) is 16.1. The van der Waals surface area contributed by atoms with E-state index in [1.54, 1.807) is 17.8 Å². The standard InChI is InChI=1S/C17H18N2O2S2/c1-2-22-11-6-3-5-10(9-11)16(21)19-17-14(15(18)20)12-7-4-8-13(12)23-17/h3,5-6,9H,2,4,7-8H2,1H3,(H2,18,20)(H,19,21). The Labute approximate surface area is 143 Å². The van der Waals surface area contributed by atoms with Crippen molar-refractivity contribution in [2.45, 2.75) is 31.1 Å². The van der Waals surface area contributed by atoms with Crippen molar-refractivity contribution in [3.8, 4) is 0 Å². The van der Waals surface area contributed by atoms with E-state index in [9.17, 15) is 9.59 Å². The van der Waals surface area contributed by atoms with Crippen LogP contribution in [0.1, 0.15) is 44.5 Å². The lowest BCUT2D eigenvalue weighted by Crippen LogP contribution is -2.17. The van der Waals surface area contributed by atoms with Crippen LogP contribution in [0.3, 0.4) is 0 Å². The lowest BCUT2D eigenvalue weighted by Gasteiger charge is -2.07. The number of carbonyl (C=O) groups is 2. The summed E-state index contributed by atoms with van der Waals surface area (Å²) in [7, 11) is 0. The molecule has 1 aromatic heterocycles. The van der Waals surface area contributed by atoms with Crippen LogP contribution < -0.4 is 11.1 Å². The third-order valence-electron chi connectivity index (χ3n) is 3.80. The average molecular weight is 346 g/mol. The summed E-state index contributed by atoms with van der Waals surface area (Å²) in [4.78, 5) is 26.5. The molecule has 23 heavy (non-hydrogen) atoms. The maximum atomic E-state index is 12.5. The highest BCUT2D eigenvalue weighted by atomic mass is 32.2. The van der Waals surface area contributed by atoms with Gasteiger partial charge in [-0.05, 0) is 48.8 Å². The Bertz CT molecular complexity index is 768. The minimum Gasteiger partial charge on any atom is -0.365 e. The average Bonchev–Trinajstić information content (AvgIpc) is 3.07. The monoisotopic (exact) mass is 346 g/mol. The molecule has 0 unspecified atom stereocenters. The highest BCUT2D eigenvalue weighted by Crippen LogP contribution is 2.39. The molecule has 0 saturated heterocycles. The predicted octanol–water partition coefficient (Wildman–Crippen LogP) is 3.70. The summed E-state index contributed by atoms with van der Waals surface area (Å²) < 4.78 is 0. The molecule has 2 aromatic rings. The lowest BCUT2D eigenvalue weighted by molar-refractivity contribution is 0.100. The van der Waals surface area contributed by atoms with Crippen molar-refractivity contribution >= 4 is 39.9 Å². The third kappa shape index (κ3) is 3.28. The van der Waals surface area contributed by atoms with Gasteiger partial charge in [-0.3, -0.25) is 9.59 Å². The molecule has 0 atom stereocenters. The van der Waals surface area contributed by atoms with E-state index in [0.29, 0.717) is 16.1 Å². The highest BCUT2D eigenvalue weighted by molar-refractivity contribution is 7.99. The zero-order chi connectivity index (χ0) is 16.4. The van der Waals surface area contributed by atoms with Gasteiger partial charge in [-0.2, -0.15) is 0 Å². The van der Waals surface area contributed by atoms with E-state index in [4.69, 9.17) is 5.73 Å². The van der Waals surface area contributed by atoms with Gasteiger partial charge in [0.05, 0.1) is 5.56 Å². The van der Waals surface area contributed by atoms with Gasteiger partial charge < -0.3 is 11.1 Å². The van der Waals surface area contributed by atoms with Crippen molar-refractivity contribution in [3.05, 3.63) is 45.8 Å². The summed E-state index contributed by atoms with van der Waals surface area (Å²) in [6.07, 6.45) is 2.87. The van der Waals surface area contributed by atoms with Crippen LogP contribution in [0.15, 0.2) is 29.2 Å². The van der Waals surface area contributed by atoms with Gasteiger partial charge >= 0.3 is 0 Å². The van der Waals surface area contributed by atoms with Crippen molar-refractivity contribution in [3.63, 3.8) is 0 Å². The molecule has 1 aromatic carbocycles. The van der Waals surface area contributed by atoms with Crippen LogP contribution in [0.4, 0.5) is 5.00 Å². The number of anilines is 1. The molecule has 0 bridgehead atoms. The Balaban J connectivity index is 1.86. The first-order chi connectivity index (χ1) is 11.1. The molecule has 3 rings (SSSR count). The first-order valence-electron chi connectivity index (χ1n) is 7.58. The zero-order valence-corrected chi connectivity index (χ0v) is 14.5. The Morgan fingerprint density at radius 2 is 2.17 bits per heavy atom. The van der Waals surface area contributed by atoms with E-state index in [1.807, 2.05) is 18.2 Å². The molecule has 0 aliphatic heterocycles. The second-order valence-electron chi connectivity index (χ2n) is 5.34. The fourth-order valence-corrected chi connectivity index (χ4v) is 4.83. The molecule has 4 nitrogen and oxygen atoms in total. The number of primary amides is 1. The van der Waals surface area contributed by atoms with Crippen LogP contribution in [0, 0.1) is 0 Å². The van der Waals surface area contributed by atoms with E-state index in [0.717, 1.165) is 35.5 Å². The van der Waals surface area contributed by atoms with Gasteiger partial charge in [-0.1, -0.05) is 13.0 Å². The van der Waals surface area contributed by atoms with E-state index < -0.39 is 5.91 Å². The highest BCUT2D eigenvalue weighted by Gasteiger charge is 2.26. The molecule has 0 spiro atoms. The van der Waals surface area contributed by atoms with Crippen LogP contribution in [0.2, 0.25) is 0 Å². The number of amides is 2. The molecule has 0 fully saturated rings.